The minimum Gasteiger partial charge on any atom is -0.486 e. The van der Waals surface area contributed by atoms with Crippen molar-refractivity contribution in [3.05, 3.63) is 59.1 Å². The maximum absolute atomic E-state index is 7.33. The molecule has 0 fully saturated rings. The summed E-state index contributed by atoms with van der Waals surface area (Å²) in [5.74, 6) is 0.803. The van der Waals surface area contributed by atoms with Crippen LogP contribution in [0.5, 0.6) is 5.75 Å². The van der Waals surface area contributed by atoms with E-state index in [1.165, 1.54) is 0 Å². The highest BCUT2D eigenvalue weighted by atomic mass is 32.1. The van der Waals surface area contributed by atoms with Crippen molar-refractivity contribution in [2.75, 3.05) is 0 Å². The van der Waals surface area contributed by atoms with Gasteiger partial charge in [-0.25, -0.2) is 4.98 Å². The SMILES string of the molecule is N=C(N)c1ccc(OCc2nc3ccccc3s2)cc1. The first kappa shape index (κ1) is 12.6. The van der Waals surface area contributed by atoms with E-state index < -0.39 is 0 Å². The molecule has 0 saturated heterocycles. The van der Waals surface area contributed by atoms with Gasteiger partial charge in [-0.3, -0.25) is 5.41 Å². The second kappa shape index (κ2) is 5.30. The molecular weight excluding hydrogens is 270 g/mol. The number of thiazole rings is 1. The second-order valence-corrected chi connectivity index (χ2v) is 5.42. The number of hydrogen-bond acceptors (Lipinski definition) is 4. The Morgan fingerprint density at radius 1 is 1.15 bits per heavy atom. The fourth-order valence-electron chi connectivity index (χ4n) is 1.86. The van der Waals surface area contributed by atoms with Gasteiger partial charge in [0.15, 0.2) is 0 Å². The number of ether oxygens (including phenoxy) is 1. The molecule has 1 heterocycles. The van der Waals surface area contributed by atoms with Gasteiger partial charge in [-0.15, -0.1) is 11.3 Å². The third-order valence-corrected chi connectivity index (χ3v) is 3.88. The first-order chi connectivity index (χ1) is 9.72. The summed E-state index contributed by atoms with van der Waals surface area (Å²) in [6.45, 7) is 0.443. The molecule has 0 saturated carbocycles. The summed E-state index contributed by atoms with van der Waals surface area (Å²) in [6.07, 6.45) is 0. The Morgan fingerprint density at radius 2 is 1.90 bits per heavy atom. The second-order valence-electron chi connectivity index (χ2n) is 4.30. The number of nitrogens with two attached hydrogens (primary N) is 1. The Labute approximate surface area is 120 Å². The summed E-state index contributed by atoms with van der Waals surface area (Å²) >= 11 is 1.63. The normalized spacial score (nSPS) is 10.6. The summed E-state index contributed by atoms with van der Waals surface area (Å²) in [6, 6.07) is 15.2. The van der Waals surface area contributed by atoms with Crippen molar-refractivity contribution in [2.45, 2.75) is 6.61 Å². The average molecular weight is 283 g/mol. The lowest BCUT2D eigenvalue weighted by Gasteiger charge is -2.04. The van der Waals surface area contributed by atoms with Crippen molar-refractivity contribution in [2.24, 2.45) is 5.73 Å². The zero-order valence-corrected chi connectivity index (χ0v) is 11.5. The Kier molecular flexibility index (Phi) is 3.35. The van der Waals surface area contributed by atoms with Crippen LogP contribution in [0.2, 0.25) is 0 Å². The summed E-state index contributed by atoms with van der Waals surface area (Å²) in [7, 11) is 0. The van der Waals surface area contributed by atoms with Gasteiger partial charge in [0.05, 0.1) is 10.2 Å². The van der Waals surface area contributed by atoms with Crippen molar-refractivity contribution in [3.63, 3.8) is 0 Å². The number of rotatable bonds is 4. The first-order valence-electron chi connectivity index (χ1n) is 6.14. The van der Waals surface area contributed by atoms with E-state index in [2.05, 4.69) is 11.1 Å². The molecule has 0 aliphatic rings. The Bertz CT molecular complexity index is 716. The number of nitrogens with zero attached hydrogens (tertiary/aromatic N) is 1. The summed E-state index contributed by atoms with van der Waals surface area (Å²) < 4.78 is 6.86. The Balaban J connectivity index is 1.71. The number of nitrogens with one attached hydrogen (secondary N) is 1. The molecule has 0 aliphatic carbocycles. The van der Waals surface area contributed by atoms with Crippen LogP contribution in [0.25, 0.3) is 10.2 Å². The molecule has 0 spiro atoms. The molecule has 0 unspecified atom stereocenters. The lowest BCUT2D eigenvalue weighted by molar-refractivity contribution is 0.306. The molecule has 3 rings (SSSR count). The van der Waals surface area contributed by atoms with Gasteiger partial charge in [-0.1, -0.05) is 12.1 Å². The van der Waals surface area contributed by atoms with Crippen LogP contribution in [-0.2, 0) is 6.61 Å². The Morgan fingerprint density at radius 3 is 2.60 bits per heavy atom. The van der Waals surface area contributed by atoms with E-state index in [4.69, 9.17) is 15.9 Å². The highest BCUT2D eigenvalue weighted by molar-refractivity contribution is 7.18. The highest BCUT2D eigenvalue weighted by Crippen LogP contribution is 2.23. The van der Waals surface area contributed by atoms with Gasteiger partial charge in [0.1, 0.15) is 23.2 Å². The quantitative estimate of drug-likeness (QED) is 0.570. The molecule has 0 aliphatic heterocycles. The monoisotopic (exact) mass is 283 g/mol. The fraction of sp³-hybridized carbons (Fsp3) is 0.0667. The molecule has 3 aromatic rings. The zero-order valence-electron chi connectivity index (χ0n) is 10.7. The van der Waals surface area contributed by atoms with Gasteiger partial charge < -0.3 is 10.5 Å². The average Bonchev–Trinajstić information content (AvgIpc) is 2.88. The Hall–Kier alpha value is -2.40. The number of aromatic nitrogens is 1. The van der Waals surface area contributed by atoms with Gasteiger partial charge in [0, 0.05) is 5.56 Å². The molecule has 4 nitrogen and oxygen atoms in total. The molecule has 0 bridgehead atoms. The maximum Gasteiger partial charge on any atom is 0.140 e. The molecular formula is C15H13N3OS. The van der Waals surface area contributed by atoms with Crippen molar-refractivity contribution in [1.82, 2.24) is 4.98 Å². The van der Waals surface area contributed by atoms with Crippen molar-refractivity contribution < 1.29 is 4.74 Å². The third kappa shape index (κ3) is 2.62. The van der Waals surface area contributed by atoms with Crippen LogP contribution >= 0.6 is 11.3 Å². The van der Waals surface area contributed by atoms with Crippen LogP contribution in [0.4, 0.5) is 0 Å². The van der Waals surface area contributed by atoms with Crippen molar-refractivity contribution >= 4 is 27.4 Å². The standard InChI is InChI=1S/C15H13N3OS/c16-15(17)10-5-7-11(8-6-10)19-9-14-18-12-3-1-2-4-13(12)20-14/h1-8H,9H2,(H3,16,17). The lowest BCUT2D eigenvalue weighted by Crippen LogP contribution is -2.10. The van der Waals surface area contributed by atoms with E-state index in [0.717, 1.165) is 21.0 Å². The molecule has 20 heavy (non-hydrogen) atoms. The van der Waals surface area contributed by atoms with Gasteiger partial charge in [0.2, 0.25) is 0 Å². The molecule has 3 N–H and O–H groups in total. The minimum atomic E-state index is 0.0581. The smallest absolute Gasteiger partial charge is 0.140 e. The summed E-state index contributed by atoms with van der Waals surface area (Å²) in [5.41, 5.74) is 7.10. The van der Waals surface area contributed by atoms with Crippen LogP contribution in [0.15, 0.2) is 48.5 Å². The van der Waals surface area contributed by atoms with E-state index in [0.29, 0.717) is 12.2 Å². The zero-order chi connectivity index (χ0) is 13.9. The van der Waals surface area contributed by atoms with Gasteiger partial charge in [0.25, 0.3) is 0 Å². The van der Waals surface area contributed by atoms with Gasteiger partial charge in [-0.05, 0) is 36.4 Å². The molecule has 0 radical (unpaired) electrons. The van der Waals surface area contributed by atoms with E-state index in [1.807, 2.05) is 30.3 Å². The van der Waals surface area contributed by atoms with E-state index in [9.17, 15) is 0 Å². The van der Waals surface area contributed by atoms with E-state index in [-0.39, 0.29) is 5.84 Å². The minimum absolute atomic E-state index is 0.0581. The molecule has 2 aromatic carbocycles. The van der Waals surface area contributed by atoms with Crippen LogP contribution in [0.3, 0.4) is 0 Å². The van der Waals surface area contributed by atoms with E-state index >= 15 is 0 Å². The predicted octanol–water partition coefficient (Wildman–Crippen LogP) is 3.16. The number of benzene rings is 2. The van der Waals surface area contributed by atoms with Crippen molar-refractivity contribution in [1.29, 1.82) is 5.41 Å². The third-order valence-electron chi connectivity index (χ3n) is 2.87. The lowest BCUT2D eigenvalue weighted by atomic mass is 10.2. The van der Waals surface area contributed by atoms with E-state index in [1.54, 1.807) is 23.5 Å². The van der Waals surface area contributed by atoms with Gasteiger partial charge >= 0.3 is 0 Å². The summed E-state index contributed by atoms with van der Waals surface area (Å²) in [5, 5.41) is 8.28. The predicted molar refractivity (Wildman–Crippen MR) is 81.4 cm³/mol. The number of hydrogen-bond donors (Lipinski definition) is 2. The van der Waals surface area contributed by atoms with Gasteiger partial charge in [-0.2, -0.15) is 0 Å². The molecule has 0 amide bonds. The van der Waals surface area contributed by atoms with Crippen LogP contribution < -0.4 is 10.5 Å². The number of nitrogen functional groups attached to an aromatic ring is 1. The highest BCUT2D eigenvalue weighted by Gasteiger charge is 2.04. The maximum atomic E-state index is 7.33. The molecule has 5 heteroatoms. The number of amidine groups is 1. The molecule has 1 aromatic heterocycles. The fourth-order valence-corrected chi connectivity index (χ4v) is 2.74. The molecule has 100 valence electrons. The van der Waals surface area contributed by atoms with Crippen LogP contribution in [0, 0.1) is 5.41 Å². The van der Waals surface area contributed by atoms with Crippen LogP contribution in [0.1, 0.15) is 10.6 Å². The van der Waals surface area contributed by atoms with Crippen LogP contribution in [-0.4, -0.2) is 10.8 Å². The largest absolute Gasteiger partial charge is 0.486 e. The number of fused-ring (bicyclic) bond motifs is 1. The summed E-state index contributed by atoms with van der Waals surface area (Å²) in [4.78, 5) is 4.51. The topological polar surface area (TPSA) is 72.0 Å². The number of para-hydroxylation sites is 1. The van der Waals surface area contributed by atoms with Crippen molar-refractivity contribution in [3.8, 4) is 5.75 Å². The first-order valence-corrected chi connectivity index (χ1v) is 6.96. The molecule has 0 atom stereocenters.